The fraction of sp³-hybridized carbons (Fsp3) is 1.00. The van der Waals surface area contributed by atoms with Crippen molar-refractivity contribution in [3.8, 4) is 0 Å². The van der Waals surface area contributed by atoms with E-state index in [4.69, 9.17) is 9.47 Å². The molecule has 0 heterocycles. The van der Waals surface area contributed by atoms with E-state index in [1.54, 1.807) is 0 Å². The highest BCUT2D eigenvalue weighted by Gasteiger charge is 1.87. The predicted molar refractivity (Wildman–Crippen MR) is 32.7 cm³/mol. The predicted octanol–water partition coefficient (Wildman–Crippen LogP) is -0.119. The normalized spacial score (nSPS) is 10.2. The first kappa shape index (κ1) is 9.84. The summed E-state index contributed by atoms with van der Waals surface area (Å²) < 4.78 is 9.58. The molecule has 4 heteroatoms. The third-order valence-electron chi connectivity index (χ3n) is 0.827. The van der Waals surface area contributed by atoms with Crippen molar-refractivity contribution in [1.82, 2.24) is 0 Å². The minimum Gasteiger partial charge on any atom is -0.377 e. The third-order valence-corrected chi connectivity index (χ3v) is 0.827. The molecule has 0 rings (SSSR count). The Morgan fingerprint density at radius 3 is 1.40 bits per heavy atom. The first-order valence-electron chi connectivity index (χ1n) is 3.23. The standard InChI is InChI=1S/C6H12O4/c7-1-3-9-5-6-10-4-2-8/h1-6H2. The van der Waals surface area contributed by atoms with Gasteiger partial charge in [-0.2, -0.15) is 0 Å². The van der Waals surface area contributed by atoms with Gasteiger partial charge in [-0.25, -0.2) is 10.2 Å². The molecule has 10 heavy (non-hydrogen) atoms. The molecule has 0 aromatic carbocycles. The maximum Gasteiger partial charge on any atom is 0.106 e. The second-order valence-electron chi connectivity index (χ2n) is 1.63. The van der Waals surface area contributed by atoms with E-state index >= 15 is 0 Å². The first-order chi connectivity index (χ1) is 4.91. The summed E-state index contributed by atoms with van der Waals surface area (Å²) >= 11 is 0. The Kier molecular flexibility index (Phi) is 8.70. The van der Waals surface area contributed by atoms with Gasteiger partial charge < -0.3 is 9.47 Å². The number of ether oxygens (including phenoxy) is 2. The van der Waals surface area contributed by atoms with E-state index in [0.29, 0.717) is 13.2 Å². The smallest absolute Gasteiger partial charge is 0.106 e. The molecular formula is C6H12O4. The Morgan fingerprint density at radius 2 is 1.10 bits per heavy atom. The molecular weight excluding hydrogens is 136 g/mol. The molecule has 60 valence electrons. The average molecular weight is 148 g/mol. The van der Waals surface area contributed by atoms with E-state index < -0.39 is 0 Å². The molecule has 0 aromatic rings. The van der Waals surface area contributed by atoms with E-state index in [1.807, 2.05) is 0 Å². The van der Waals surface area contributed by atoms with Crippen molar-refractivity contribution in [2.45, 2.75) is 0 Å². The summed E-state index contributed by atoms with van der Waals surface area (Å²) in [4.78, 5) is 0. The highest BCUT2D eigenvalue weighted by atomic mass is 16.5. The molecule has 0 saturated carbocycles. The molecule has 0 unspecified atom stereocenters. The molecule has 0 aliphatic heterocycles. The van der Waals surface area contributed by atoms with Gasteiger partial charge in [0.1, 0.15) is 13.2 Å². The lowest BCUT2D eigenvalue weighted by Crippen LogP contribution is -2.08. The van der Waals surface area contributed by atoms with Crippen LogP contribution in [0.1, 0.15) is 0 Å². The van der Waals surface area contributed by atoms with Crippen LogP contribution in [0, 0.1) is 0 Å². The van der Waals surface area contributed by atoms with Crippen molar-refractivity contribution in [3.05, 3.63) is 0 Å². The topological polar surface area (TPSA) is 58.3 Å². The highest BCUT2D eigenvalue weighted by molar-refractivity contribution is 4.30. The fourth-order valence-electron chi connectivity index (χ4n) is 0.440. The lowest BCUT2D eigenvalue weighted by molar-refractivity contribution is 0.00540. The molecule has 0 bridgehead atoms. The van der Waals surface area contributed by atoms with Crippen molar-refractivity contribution in [2.75, 3.05) is 39.6 Å². The van der Waals surface area contributed by atoms with Gasteiger partial charge in [0.15, 0.2) is 0 Å². The van der Waals surface area contributed by atoms with Gasteiger partial charge in [0.2, 0.25) is 0 Å². The van der Waals surface area contributed by atoms with Gasteiger partial charge in [0.05, 0.1) is 26.4 Å². The number of hydrogen-bond donors (Lipinski definition) is 0. The molecule has 0 saturated heterocycles. The van der Waals surface area contributed by atoms with E-state index in [1.165, 1.54) is 0 Å². The van der Waals surface area contributed by atoms with E-state index in [0.717, 1.165) is 0 Å². The molecule has 0 N–H and O–H groups in total. The largest absolute Gasteiger partial charge is 0.377 e. The van der Waals surface area contributed by atoms with E-state index in [9.17, 15) is 10.2 Å². The van der Waals surface area contributed by atoms with Gasteiger partial charge >= 0.3 is 0 Å². The molecule has 0 aliphatic carbocycles. The summed E-state index contributed by atoms with van der Waals surface area (Å²) in [6.45, 7) is 0.815. The summed E-state index contributed by atoms with van der Waals surface area (Å²) in [5.74, 6) is 0. The second kappa shape index (κ2) is 8.84. The van der Waals surface area contributed by atoms with Crippen molar-refractivity contribution >= 4 is 0 Å². The lowest BCUT2D eigenvalue weighted by atomic mass is 10.7. The van der Waals surface area contributed by atoms with Crippen LogP contribution in [0.15, 0.2) is 0 Å². The van der Waals surface area contributed by atoms with Crippen LogP contribution in [0.4, 0.5) is 0 Å². The number of hydrogen-bond acceptors (Lipinski definition) is 2. The summed E-state index contributed by atoms with van der Waals surface area (Å²) in [5, 5.41) is 19.6. The van der Waals surface area contributed by atoms with Crippen LogP contribution >= 0.6 is 0 Å². The fourth-order valence-corrected chi connectivity index (χ4v) is 0.440. The molecule has 0 spiro atoms. The van der Waals surface area contributed by atoms with Crippen LogP contribution in [0.3, 0.4) is 0 Å². The van der Waals surface area contributed by atoms with Crippen LogP contribution in [0.5, 0.6) is 0 Å². The summed E-state index contributed by atoms with van der Waals surface area (Å²) in [6.07, 6.45) is 0. The summed E-state index contributed by atoms with van der Waals surface area (Å²) in [5.41, 5.74) is 0. The quantitative estimate of drug-likeness (QED) is 0.472. The zero-order valence-corrected chi connectivity index (χ0v) is 5.88. The van der Waals surface area contributed by atoms with Crippen molar-refractivity contribution in [3.63, 3.8) is 0 Å². The van der Waals surface area contributed by atoms with Crippen molar-refractivity contribution in [1.29, 1.82) is 0 Å². The van der Waals surface area contributed by atoms with Crippen LogP contribution in [-0.4, -0.2) is 39.6 Å². The average Bonchev–Trinajstić information content (AvgIpc) is 1.97. The first-order valence-corrected chi connectivity index (χ1v) is 3.23. The Hall–Kier alpha value is -0.160. The summed E-state index contributed by atoms with van der Waals surface area (Å²) in [7, 11) is 0. The van der Waals surface area contributed by atoms with E-state index in [2.05, 4.69) is 0 Å². The Morgan fingerprint density at radius 1 is 0.700 bits per heavy atom. The molecule has 0 amide bonds. The molecule has 4 nitrogen and oxygen atoms in total. The molecule has 2 radical (unpaired) electrons. The number of rotatable bonds is 7. The minimum atomic E-state index is -0.221. The minimum absolute atomic E-state index is 0.221. The van der Waals surface area contributed by atoms with Gasteiger partial charge in [-0.1, -0.05) is 0 Å². The maximum atomic E-state index is 9.80. The summed E-state index contributed by atoms with van der Waals surface area (Å²) in [6, 6.07) is 0. The SMILES string of the molecule is [O]CCOCCOCC[O]. The monoisotopic (exact) mass is 148 g/mol. The van der Waals surface area contributed by atoms with Crippen LogP contribution in [-0.2, 0) is 19.7 Å². The van der Waals surface area contributed by atoms with Gasteiger partial charge in [0, 0.05) is 0 Å². The third kappa shape index (κ3) is 7.84. The van der Waals surface area contributed by atoms with Gasteiger partial charge in [0.25, 0.3) is 0 Å². The molecule has 0 atom stereocenters. The van der Waals surface area contributed by atoms with Crippen LogP contribution < -0.4 is 0 Å². The highest BCUT2D eigenvalue weighted by Crippen LogP contribution is 1.77. The Labute approximate surface area is 60.4 Å². The van der Waals surface area contributed by atoms with Crippen LogP contribution in [0.2, 0.25) is 0 Å². The lowest BCUT2D eigenvalue weighted by Gasteiger charge is -2.00. The zero-order valence-electron chi connectivity index (χ0n) is 5.88. The van der Waals surface area contributed by atoms with Gasteiger partial charge in [-0.3, -0.25) is 0 Å². The molecule has 0 aromatic heterocycles. The van der Waals surface area contributed by atoms with Gasteiger partial charge in [-0.15, -0.1) is 0 Å². The molecule has 0 aliphatic rings. The van der Waals surface area contributed by atoms with Crippen molar-refractivity contribution < 1.29 is 19.7 Å². The zero-order chi connectivity index (χ0) is 7.66. The van der Waals surface area contributed by atoms with Gasteiger partial charge in [-0.05, 0) is 0 Å². The Bertz CT molecular complexity index is 49.7. The Balaban J connectivity index is 2.65. The molecule has 0 fully saturated rings. The van der Waals surface area contributed by atoms with E-state index in [-0.39, 0.29) is 26.4 Å². The second-order valence-corrected chi connectivity index (χ2v) is 1.63. The van der Waals surface area contributed by atoms with Crippen LogP contribution in [0.25, 0.3) is 0 Å². The maximum absolute atomic E-state index is 9.80. The van der Waals surface area contributed by atoms with Crippen molar-refractivity contribution in [2.24, 2.45) is 0 Å².